The molecule has 0 saturated heterocycles. The Bertz CT molecular complexity index is 595. The van der Waals surface area contributed by atoms with Crippen molar-refractivity contribution in [3.05, 3.63) is 12.2 Å². The molecule has 0 aromatic carbocycles. The zero-order chi connectivity index (χ0) is 16.7. The maximum atomic E-state index is 12.0. The van der Waals surface area contributed by atoms with Gasteiger partial charge in [-0.1, -0.05) is 19.9 Å². The molecule has 130 valence electrons. The molecule has 0 aliphatic heterocycles. The minimum atomic E-state index is -0.634. The average Bonchev–Trinajstić information content (AvgIpc) is 2.63. The van der Waals surface area contributed by atoms with Crippen molar-refractivity contribution in [2.45, 2.75) is 77.2 Å². The van der Waals surface area contributed by atoms with E-state index in [9.17, 15) is 15.0 Å². The van der Waals surface area contributed by atoms with Gasteiger partial charge < -0.3 is 11.6 Å². The van der Waals surface area contributed by atoms with Gasteiger partial charge in [-0.15, -0.1) is 0 Å². The van der Waals surface area contributed by atoms with Crippen LogP contribution in [0.3, 0.4) is 0 Å². The molecule has 0 radical (unpaired) electrons. The van der Waals surface area contributed by atoms with Crippen LogP contribution in [0, 0.1) is 28.1 Å². The van der Waals surface area contributed by atoms with Crippen molar-refractivity contribution in [2.24, 2.45) is 28.1 Å². The third kappa shape index (κ3) is 2.36. The summed E-state index contributed by atoms with van der Waals surface area (Å²) >= 11 is 0. The molecular formula is C20H31KO3. The van der Waals surface area contributed by atoms with Crippen LogP contribution in [-0.4, -0.2) is 21.8 Å². The van der Waals surface area contributed by atoms with Crippen LogP contribution in [0.15, 0.2) is 12.2 Å². The van der Waals surface area contributed by atoms with Gasteiger partial charge in [0.2, 0.25) is 0 Å². The molecule has 0 heterocycles. The molecule has 0 aromatic heterocycles. The predicted octanol–water partition coefficient (Wildman–Crippen LogP) is 1.27. The summed E-state index contributed by atoms with van der Waals surface area (Å²) in [5.41, 5.74) is 0.128. The van der Waals surface area contributed by atoms with Gasteiger partial charge in [0.25, 0.3) is 0 Å². The molecule has 0 amide bonds. The number of carboxylic acids is 1. The number of rotatable bonds is 1. The first-order chi connectivity index (χ1) is 10.7. The molecule has 4 aliphatic carbocycles. The van der Waals surface area contributed by atoms with E-state index in [0.717, 1.165) is 63.4 Å². The van der Waals surface area contributed by atoms with Crippen LogP contribution in [0.1, 0.15) is 73.1 Å². The van der Waals surface area contributed by atoms with Crippen molar-refractivity contribution in [2.75, 3.05) is 0 Å². The largest absolute Gasteiger partial charge is 1.00 e. The van der Waals surface area contributed by atoms with E-state index in [0.29, 0.717) is 5.92 Å². The topological polar surface area (TPSA) is 57.5 Å². The van der Waals surface area contributed by atoms with Crippen LogP contribution in [0.2, 0.25) is 0 Å². The smallest absolute Gasteiger partial charge is 1.00 e. The van der Waals surface area contributed by atoms with Crippen LogP contribution in [0.25, 0.3) is 0 Å². The van der Waals surface area contributed by atoms with Gasteiger partial charge in [-0.05, 0) is 86.5 Å². The number of aliphatic hydroxyl groups is 1. The van der Waals surface area contributed by atoms with Crippen molar-refractivity contribution in [1.29, 1.82) is 0 Å². The molecule has 4 rings (SSSR count). The van der Waals surface area contributed by atoms with Crippen molar-refractivity contribution >= 4 is 5.97 Å². The Kier molecular flexibility index (Phi) is 4.81. The Morgan fingerprint density at radius 2 is 1.83 bits per heavy atom. The van der Waals surface area contributed by atoms with Gasteiger partial charge in [0.1, 0.15) is 0 Å². The fourth-order valence-corrected chi connectivity index (χ4v) is 7.61. The third-order valence-electron chi connectivity index (χ3n) is 8.65. The van der Waals surface area contributed by atoms with Crippen LogP contribution >= 0.6 is 0 Å². The number of hydrogen-bond acceptors (Lipinski definition) is 2. The van der Waals surface area contributed by atoms with E-state index in [1.165, 1.54) is 0 Å². The molecule has 6 atom stereocenters. The maximum absolute atomic E-state index is 12.0. The van der Waals surface area contributed by atoms with Gasteiger partial charge in [0.15, 0.2) is 0 Å². The van der Waals surface area contributed by atoms with E-state index in [2.05, 4.69) is 13.5 Å². The minimum Gasteiger partial charge on any atom is -1.00 e. The van der Waals surface area contributed by atoms with Crippen molar-refractivity contribution < 1.29 is 67.8 Å². The van der Waals surface area contributed by atoms with Crippen LogP contribution in [0.5, 0.6) is 0 Å². The molecule has 2 N–H and O–H groups in total. The Labute approximate surface area is 189 Å². The van der Waals surface area contributed by atoms with Crippen LogP contribution in [-0.2, 0) is 4.79 Å². The molecule has 0 aromatic rings. The first kappa shape index (κ1) is 19.6. The summed E-state index contributed by atoms with van der Waals surface area (Å²) in [5.74, 6) is 0.219. The summed E-state index contributed by atoms with van der Waals surface area (Å²) < 4.78 is 0. The van der Waals surface area contributed by atoms with Crippen molar-refractivity contribution in [3.8, 4) is 0 Å². The molecule has 24 heavy (non-hydrogen) atoms. The monoisotopic (exact) mass is 358 g/mol. The summed E-state index contributed by atoms with van der Waals surface area (Å²) in [6.07, 6.45) is 8.75. The standard InChI is InChI=1S/C20H30O3.K.H/c1-13-11-19-9-5-14-17(2,7-4-8-18(14,3)16(21)22)15(19)6-10-20(13,23)12-19;;/h14-15,23H,1,4-12H2,2-3H3,(H,21,22);;/q;+1;-1/t14-,15-,17+,18+,19+,20-;;/m0../s1. The van der Waals surface area contributed by atoms with Crippen LogP contribution < -0.4 is 51.4 Å². The van der Waals surface area contributed by atoms with E-state index in [4.69, 9.17) is 0 Å². The number of carboxylic acid groups (broad SMARTS) is 1. The van der Waals surface area contributed by atoms with Gasteiger partial charge in [-0.25, -0.2) is 0 Å². The first-order valence-corrected chi connectivity index (χ1v) is 9.30. The quantitative estimate of drug-likeness (QED) is 0.548. The Balaban J connectivity index is 0.00000113. The summed E-state index contributed by atoms with van der Waals surface area (Å²) in [7, 11) is 0. The zero-order valence-electron chi connectivity index (χ0n) is 16.5. The van der Waals surface area contributed by atoms with Gasteiger partial charge >= 0.3 is 57.4 Å². The molecule has 4 fully saturated rings. The molecule has 0 unspecified atom stereocenters. The van der Waals surface area contributed by atoms with Gasteiger partial charge in [-0.3, -0.25) is 4.79 Å². The van der Waals surface area contributed by atoms with E-state index >= 15 is 0 Å². The fourth-order valence-electron chi connectivity index (χ4n) is 7.61. The maximum Gasteiger partial charge on any atom is 1.00 e. The minimum absolute atomic E-state index is 0. The van der Waals surface area contributed by atoms with Gasteiger partial charge in [-0.2, -0.15) is 0 Å². The van der Waals surface area contributed by atoms with E-state index < -0.39 is 17.0 Å². The fraction of sp³-hybridized carbons (Fsp3) is 0.850. The van der Waals surface area contributed by atoms with Crippen LogP contribution in [0.4, 0.5) is 0 Å². The third-order valence-corrected chi connectivity index (χ3v) is 8.65. The molecule has 4 saturated carbocycles. The van der Waals surface area contributed by atoms with Crippen molar-refractivity contribution in [1.82, 2.24) is 0 Å². The van der Waals surface area contributed by atoms with Gasteiger partial charge in [0, 0.05) is 0 Å². The summed E-state index contributed by atoms with van der Waals surface area (Å²) in [6.45, 7) is 8.55. The summed E-state index contributed by atoms with van der Waals surface area (Å²) in [5, 5.41) is 20.8. The molecule has 4 aliphatic rings. The molecule has 2 bridgehead atoms. The summed E-state index contributed by atoms with van der Waals surface area (Å²) in [6, 6.07) is 0. The summed E-state index contributed by atoms with van der Waals surface area (Å²) in [4.78, 5) is 12.0. The predicted molar refractivity (Wildman–Crippen MR) is 90.0 cm³/mol. The van der Waals surface area contributed by atoms with Gasteiger partial charge in [0.05, 0.1) is 11.0 Å². The average molecular weight is 359 g/mol. The molecular weight excluding hydrogens is 327 g/mol. The zero-order valence-corrected chi connectivity index (χ0v) is 18.7. The van der Waals surface area contributed by atoms with E-state index in [-0.39, 0.29) is 69.6 Å². The van der Waals surface area contributed by atoms with Crippen molar-refractivity contribution in [3.63, 3.8) is 0 Å². The molecule has 1 spiro atoms. The Morgan fingerprint density at radius 3 is 2.50 bits per heavy atom. The Morgan fingerprint density at radius 1 is 1.17 bits per heavy atom. The first-order valence-electron chi connectivity index (χ1n) is 9.30. The second-order valence-electron chi connectivity index (χ2n) is 9.62. The Hall–Kier alpha value is 0.806. The number of carbonyl (C=O) groups is 1. The second kappa shape index (κ2) is 5.90. The number of aliphatic carboxylic acids is 1. The molecule has 3 nitrogen and oxygen atoms in total. The van der Waals surface area contributed by atoms with E-state index in [1.54, 1.807) is 0 Å². The number of hydrogen-bond donors (Lipinski definition) is 2. The normalized spacial score (nSPS) is 52.9. The number of fused-ring (bicyclic) bond motifs is 3. The SMILES string of the molecule is C=C1C[C@@]23CC[C@H]4[C@@](C)(CCC[C@@]4(C)C(=O)O)[C@@H]2CC[C@]1(O)C3.[H-].[K+]. The second-order valence-corrected chi connectivity index (χ2v) is 9.62. The molecule has 4 heteroatoms. The van der Waals surface area contributed by atoms with E-state index in [1.807, 2.05) is 6.92 Å².